The van der Waals surface area contributed by atoms with Gasteiger partial charge >= 0.3 is 6.09 Å². The summed E-state index contributed by atoms with van der Waals surface area (Å²) >= 11 is 0. The van der Waals surface area contributed by atoms with Crippen LogP contribution in [-0.2, 0) is 0 Å². The van der Waals surface area contributed by atoms with E-state index in [1.165, 1.54) is 17.0 Å². The zero-order valence-electron chi connectivity index (χ0n) is 9.87. The van der Waals surface area contributed by atoms with E-state index in [1.54, 1.807) is 12.1 Å². The fourth-order valence-electron chi connectivity index (χ4n) is 2.28. The summed E-state index contributed by atoms with van der Waals surface area (Å²) in [7, 11) is 0. The first-order valence-corrected chi connectivity index (χ1v) is 5.92. The van der Waals surface area contributed by atoms with Crippen LogP contribution in [0.2, 0.25) is 0 Å². The number of phenols is 1. The molecule has 0 aliphatic carbocycles. The summed E-state index contributed by atoms with van der Waals surface area (Å²) in [6, 6.07) is 5.40. The maximum absolute atomic E-state index is 12.3. The molecule has 1 fully saturated rings. The van der Waals surface area contributed by atoms with E-state index >= 15 is 0 Å². The molecule has 0 saturated carbocycles. The molecular weight excluding hydrogens is 234 g/mol. The first-order valence-electron chi connectivity index (χ1n) is 5.92. The van der Waals surface area contributed by atoms with Crippen molar-refractivity contribution in [3.63, 3.8) is 0 Å². The van der Waals surface area contributed by atoms with Crippen LogP contribution in [0.4, 0.5) is 4.79 Å². The number of benzene rings is 1. The molecule has 0 radical (unpaired) electrons. The van der Waals surface area contributed by atoms with Crippen molar-refractivity contribution in [3.05, 3.63) is 29.8 Å². The normalized spacial score (nSPS) is 19.6. The Hall–Kier alpha value is -2.04. The van der Waals surface area contributed by atoms with Crippen LogP contribution < -0.4 is 0 Å². The average molecular weight is 249 g/mol. The van der Waals surface area contributed by atoms with Gasteiger partial charge in [0.15, 0.2) is 5.78 Å². The first-order chi connectivity index (χ1) is 8.59. The Bertz CT molecular complexity index is 472. The highest BCUT2D eigenvalue weighted by atomic mass is 16.4. The molecule has 0 spiro atoms. The molecule has 1 aromatic rings. The van der Waals surface area contributed by atoms with Gasteiger partial charge in [0.05, 0.1) is 6.04 Å². The molecule has 0 bridgehead atoms. The number of rotatable bonds is 2. The summed E-state index contributed by atoms with van der Waals surface area (Å²) in [5, 5.41) is 18.4. The number of ketones is 1. The van der Waals surface area contributed by atoms with Gasteiger partial charge < -0.3 is 10.2 Å². The van der Waals surface area contributed by atoms with E-state index in [9.17, 15) is 14.7 Å². The average Bonchev–Trinajstić information content (AvgIpc) is 2.38. The van der Waals surface area contributed by atoms with E-state index in [4.69, 9.17) is 5.11 Å². The quantitative estimate of drug-likeness (QED) is 0.787. The third-order valence-corrected chi connectivity index (χ3v) is 3.18. The van der Waals surface area contributed by atoms with Gasteiger partial charge in [0, 0.05) is 12.1 Å². The molecule has 1 saturated heterocycles. The van der Waals surface area contributed by atoms with E-state index in [0.29, 0.717) is 18.5 Å². The standard InChI is InChI=1S/C13H15NO4/c15-10-5-3-4-9(8-10)12(16)11-6-1-2-7-14(11)13(17)18/h3-5,8,11,15H,1-2,6-7H2,(H,17,18)/t11-/m0/s1. The van der Waals surface area contributed by atoms with Crippen LogP contribution in [0.25, 0.3) is 0 Å². The van der Waals surface area contributed by atoms with Crippen LogP contribution in [0.15, 0.2) is 24.3 Å². The second-order valence-corrected chi connectivity index (χ2v) is 4.40. The molecule has 0 aromatic heterocycles. The second-order valence-electron chi connectivity index (χ2n) is 4.40. The number of phenolic OH excluding ortho intramolecular Hbond substituents is 1. The number of aromatic hydroxyl groups is 1. The van der Waals surface area contributed by atoms with Gasteiger partial charge in [-0.15, -0.1) is 0 Å². The van der Waals surface area contributed by atoms with Gasteiger partial charge in [-0.05, 0) is 31.4 Å². The molecule has 1 aliphatic rings. The topological polar surface area (TPSA) is 77.8 Å². The minimum atomic E-state index is -1.06. The van der Waals surface area contributed by atoms with Crippen molar-refractivity contribution in [2.24, 2.45) is 0 Å². The van der Waals surface area contributed by atoms with Crippen LogP contribution in [0.1, 0.15) is 29.6 Å². The monoisotopic (exact) mass is 249 g/mol. The lowest BCUT2D eigenvalue weighted by Crippen LogP contribution is -2.47. The Balaban J connectivity index is 2.23. The number of hydrogen-bond acceptors (Lipinski definition) is 3. The molecule has 5 nitrogen and oxygen atoms in total. The Morgan fingerprint density at radius 1 is 1.28 bits per heavy atom. The number of carboxylic acid groups (broad SMARTS) is 1. The van der Waals surface area contributed by atoms with Gasteiger partial charge in [-0.25, -0.2) is 4.79 Å². The minimum absolute atomic E-state index is 0.0125. The van der Waals surface area contributed by atoms with Crippen LogP contribution in [0.3, 0.4) is 0 Å². The molecule has 96 valence electrons. The van der Waals surface area contributed by atoms with E-state index < -0.39 is 12.1 Å². The molecular formula is C13H15NO4. The maximum Gasteiger partial charge on any atom is 0.407 e. The highest BCUT2D eigenvalue weighted by molar-refractivity contribution is 6.01. The number of nitrogens with zero attached hydrogens (tertiary/aromatic N) is 1. The molecule has 2 N–H and O–H groups in total. The summed E-state index contributed by atoms with van der Waals surface area (Å²) in [5.41, 5.74) is 0.355. The van der Waals surface area contributed by atoms with Gasteiger partial charge in [-0.1, -0.05) is 12.1 Å². The molecule has 0 unspecified atom stereocenters. The fourth-order valence-corrected chi connectivity index (χ4v) is 2.28. The Morgan fingerprint density at radius 2 is 2.06 bits per heavy atom. The lowest BCUT2D eigenvalue weighted by Gasteiger charge is -2.32. The molecule has 18 heavy (non-hydrogen) atoms. The number of piperidine rings is 1. The molecule has 2 rings (SSSR count). The number of amides is 1. The van der Waals surface area contributed by atoms with Crippen molar-refractivity contribution >= 4 is 11.9 Å². The lowest BCUT2D eigenvalue weighted by atomic mass is 9.94. The van der Waals surface area contributed by atoms with Gasteiger partial charge in [-0.2, -0.15) is 0 Å². The summed E-state index contributed by atoms with van der Waals surface area (Å²) in [6.07, 6.45) is 1.11. The van der Waals surface area contributed by atoms with Crippen LogP contribution >= 0.6 is 0 Å². The molecule has 1 aliphatic heterocycles. The number of Topliss-reactive ketones (excluding diaryl/α,β-unsaturated/α-hetero) is 1. The van der Waals surface area contributed by atoms with Crippen molar-refractivity contribution in [1.82, 2.24) is 4.90 Å². The predicted octanol–water partition coefficient (Wildman–Crippen LogP) is 2.11. The van der Waals surface area contributed by atoms with Gasteiger partial charge in [0.2, 0.25) is 0 Å². The number of likely N-dealkylation sites (tertiary alicyclic amines) is 1. The number of carbonyl (C=O) groups is 2. The van der Waals surface area contributed by atoms with Crippen molar-refractivity contribution < 1.29 is 19.8 Å². The second kappa shape index (κ2) is 5.08. The summed E-state index contributed by atoms with van der Waals surface area (Å²) in [4.78, 5) is 24.5. The maximum atomic E-state index is 12.3. The van der Waals surface area contributed by atoms with Gasteiger partial charge in [0.25, 0.3) is 0 Å². The Labute approximate surface area is 105 Å². The molecule has 5 heteroatoms. The van der Waals surface area contributed by atoms with Crippen molar-refractivity contribution in [1.29, 1.82) is 0 Å². The predicted molar refractivity (Wildman–Crippen MR) is 64.8 cm³/mol. The van der Waals surface area contributed by atoms with E-state index in [2.05, 4.69) is 0 Å². The van der Waals surface area contributed by atoms with Crippen molar-refractivity contribution in [2.45, 2.75) is 25.3 Å². The van der Waals surface area contributed by atoms with Crippen LogP contribution in [0, 0.1) is 0 Å². The van der Waals surface area contributed by atoms with Crippen LogP contribution in [0.5, 0.6) is 5.75 Å². The molecule has 1 heterocycles. The Kier molecular flexibility index (Phi) is 3.50. The van der Waals surface area contributed by atoms with E-state index in [0.717, 1.165) is 12.8 Å². The van der Waals surface area contributed by atoms with Gasteiger partial charge in [-0.3, -0.25) is 9.69 Å². The molecule has 1 atom stereocenters. The lowest BCUT2D eigenvalue weighted by molar-refractivity contribution is 0.0714. The van der Waals surface area contributed by atoms with Crippen molar-refractivity contribution in [3.8, 4) is 5.75 Å². The summed E-state index contributed by atoms with van der Waals surface area (Å²) in [6.45, 7) is 0.393. The molecule has 1 aromatic carbocycles. The van der Waals surface area contributed by atoms with Crippen LogP contribution in [-0.4, -0.2) is 39.6 Å². The Morgan fingerprint density at radius 3 is 2.72 bits per heavy atom. The highest BCUT2D eigenvalue weighted by Gasteiger charge is 2.32. The SMILES string of the molecule is O=C(c1cccc(O)c1)[C@@H]1CCCCN1C(=O)O. The smallest absolute Gasteiger partial charge is 0.407 e. The van der Waals surface area contributed by atoms with Gasteiger partial charge in [0.1, 0.15) is 5.75 Å². The minimum Gasteiger partial charge on any atom is -0.508 e. The zero-order valence-corrected chi connectivity index (χ0v) is 9.87. The summed E-state index contributed by atoms with van der Waals surface area (Å²) < 4.78 is 0. The third kappa shape index (κ3) is 2.45. The third-order valence-electron chi connectivity index (χ3n) is 3.18. The number of carbonyl (C=O) groups excluding carboxylic acids is 1. The zero-order chi connectivity index (χ0) is 13.1. The number of hydrogen-bond donors (Lipinski definition) is 2. The largest absolute Gasteiger partial charge is 0.508 e. The highest BCUT2D eigenvalue weighted by Crippen LogP contribution is 2.22. The fraction of sp³-hybridized carbons (Fsp3) is 0.385. The van der Waals surface area contributed by atoms with E-state index in [-0.39, 0.29) is 11.5 Å². The van der Waals surface area contributed by atoms with E-state index in [1.807, 2.05) is 0 Å². The van der Waals surface area contributed by atoms with Crippen molar-refractivity contribution in [2.75, 3.05) is 6.54 Å². The molecule has 1 amide bonds. The first kappa shape index (κ1) is 12.4. The summed E-state index contributed by atoms with van der Waals surface area (Å²) in [5.74, 6) is -0.230.